The van der Waals surface area contributed by atoms with E-state index in [2.05, 4.69) is 51.4 Å². The van der Waals surface area contributed by atoms with Crippen molar-refractivity contribution in [1.29, 1.82) is 0 Å². The van der Waals surface area contributed by atoms with Gasteiger partial charge in [-0.25, -0.2) is 9.97 Å². The zero-order chi connectivity index (χ0) is 20.1. The highest BCUT2D eigenvalue weighted by Crippen LogP contribution is 2.18. The molecule has 0 saturated carbocycles. The van der Waals surface area contributed by atoms with Crippen molar-refractivity contribution in [1.82, 2.24) is 14.9 Å². The molecule has 1 amide bonds. The highest BCUT2D eigenvalue weighted by Gasteiger charge is 2.23. The van der Waals surface area contributed by atoms with Crippen LogP contribution in [0.4, 0.5) is 11.6 Å². The molecule has 6 nitrogen and oxygen atoms in total. The van der Waals surface area contributed by atoms with Gasteiger partial charge >= 0.3 is 0 Å². The molecule has 1 aliphatic heterocycles. The molecule has 0 unspecified atom stereocenters. The van der Waals surface area contributed by atoms with Gasteiger partial charge in [-0.2, -0.15) is 0 Å². The van der Waals surface area contributed by atoms with Gasteiger partial charge in [0.2, 0.25) is 5.95 Å². The molecular weight excluding hydrogens is 362 g/mol. The summed E-state index contributed by atoms with van der Waals surface area (Å²) in [5, 5.41) is 3.19. The number of anilines is 2. The Morgan fingerprint density at radius 2 is 1.79 bits per heavy atom. The molecule has 6 heteroatoms. The highest BCUT2D eigenvalue weighted by atomic mass is 16.2. The maximum absolute atomic E-state index is 12.9. The summed E-state index contributed by atoms with van der Waals surface area (Å²) >= 11 is 0. The molecule has 4 rings (SSSR count). The SMILES string of the molecule is Cc1cccc(N2CCN(C(=O)c3ccnc(NCc4ccccc4)n3)CC2)c1. The van der Waals surface area contributed by atoms with Crippen molar-refractivity contribution < 1.29 is 4.79 Å². The minimum Gasteiger partial charge on any atom is -0.368 e. The van der Waals surface area contributed by atoms with E-state index in [-0.39, 0.29) is 5.91 Å². The van der Waals surface area contributed by atoms with Crippen LogP contribution in [-0.4, -0.2) is 47.0 Å². The molecule has 2 heterocycles. The summed E-state index contributed by atoms with van der Waals surface area (Å²) < 4.78 is 0. The Balaban J connectivity index is 1.36. The van der Waals surface area contributed by atoms with E-state index in [0.29, 0.717) is 31.3 Å². The van der Waals surface area contributed by atoms with Gasteiger partial charge in [0, 0.05) is 44.6 Å². The van der Waals surface area contributed by atoms with Crippen LogP contribution >= 0.6 is 0 Å². The lowest BCUT2D eigenvalue weighted by Crippen LogP contribution is -2.49. The Bertz CT molecular complexity index is 968. The van der Waals surface area contributed by atoms with E-state index >= 15 is 0 Å². The van der Waals surface area contributed by atoms with Crippen LogP contribution in [0, 0.1) is 6.92 Å². The molecule has 1 aliphatic rings. The molecule has 0 bridgehead atoms. The van der Waals surface area contributed by atoms with Gasteiger partial charge < -0.3 is 15.1 Å². The van der Waals surface area contributed by atoms with Gasteiger partial charge in [-0.15, -0.1) is 0 Å². The fraction of sp³-hybridized carbons (Fsp3) is 0.261. The van der Waals surface area contributed by atoms with Crippen LogP contribution in [-0.2, 0) is 6.54 Å². The lowest BCUT2D eigenvalue weighted by molar-refractivity contribution is 0.0741. The highest BCUT2D eigenvalue weighted by molar-refractivity contribution is 5.92. The van der Waals surface area contributed by atoms with Crippen LogP contribution in [0.15, 0.2) is 66.9 Å². The number of nitrogens with one attached hydrogen (secondary N) is 1. The normalized spacial score (nSPS) is 14.0. The van der Waals surface area contributed by atoms with Gasteiger partial charge in [-0.05, 0) is 36.2 Å². The Kier molecular flexibility index (Phi) is 5.70. The smallest absolute Gasteiger partial charge is 0.272 e. The third-order valence-electron chi connectivity index (χ3n) is 5.10. The summed E-state index contributed by atoms with van der Waals surface area (Å²) in [5.41, 5.74) is 4.03. The molecule has 0 aliphatic carbocycles. The lowest BCUT2D eigenvalue weighted by Gasteiger charge is -2.36. The van der Waals surface area contributed by atoms with Crippen LogP contribution in [0.2, 0.25) is 0 Å². The fourth-order valence-corrected chi connectivity index (χ4v) is 3.49. The van der Waals surface area contributed by atoms with Gasteiger partial charge in [-0.1, -0.05) is 42.5 Å². The van der Waals surface area contributed by atoms with Crippen LogP contribution in [0.1, 0.15) is 21.6 Å². The van der Waals surface area contributed by atoms with Gasteiger partial charge in [0.05, 0.1) is 0 Å². The van der Waals surface area contributed by atoms with E-state index in [1.807, 2.05) is 35.2 Å². The van der Waals surface area contributed by atoms with Crippen LogP contribution in [0.3, 0.4) is 0 Å². The van der Waals surface area contributed by atoms with E-state index in [1.165, 1.54) is 11.3 Å². The van der Waals surface area contributed by atoms with E-state index in [1.54, 1.807) is 12.3 Å². The second kappa shape index (κ2) is 8.73. The van der Waals surface area contributed by atoms with Gasteiger partial charge in [0.15, 0.2) is 0 Å². The van der Waals surface area contributed by atoms with E-state index in [0.717, 1.165) is 18.7 Å². The number of carbonyl (C=O) groups is 1. The zero-order valence-electron chi connectivity index (χ0n) is 16.6. The van der Waals surface area contributed by atoms with Crippen molar-refractivity contribution in [2.75, 3.05) is 36.4 Å². The average Bonchev–Trinajstić information content (AvgIpc) is 2.78. The molecule has 0 atom stereocenters. The number of aryl methyl sites for hydroxylation is 1. The summed E-state index contributed by atoms with van der Waals surface area (Å²) in [6.45, 7) is 5.72. The first-order valence-electron chi connectivity index (χ1n) is 9.91. The van der Waals surface area contributed by atoms with Crippen LogP contribution in [0.25, 0.3) is 0 Å². The fourth-order valence-electron chi connectivity index (χ4n) is 3.49. The van der Waals surface area contributed by atoms with Crippen molar-refractivity contribution >= 4 is 17.5 Å². The molecule has 0 radical (unpaired) electrons. The molecular formula is C23H25N5O. The molecule has 1 fully saturated rings. The van der Waals surface area contributed by atoms with E-state index in [4.69, 9.17) is 0 Å². The third kappa shape index (κ3) is 4.71. The number of amides is 1. The zero-order valence-corrected chi connectivity index (χ0v) is 16.6. The quantitative estimate of drug-likeness (QED) is 0.727. The first-order valence-corrected chi connectivity index (χ1v) is 9.91. The number of rotatable bonds is 5. The van der Waals surface area contributed by atoms with E-state index in [9.17, 15) is 4.79 Å². The molecule has 2 aromatic carbocycles. The molecule has 148 valence electrons. The first-order chi connectivity index (χ1) is 14.2. The number of benzene rings is 2. The van der Waals surface area contributed by atoms with Crippen molar-refractivity contribution in [3.05, 3.63) is 83.7 Å². The number of piperazine rings is 1. The average molecular weight is 387 g/mol. The second-order valence-corrected chi connectivity index (χ2v) is 7.22. The summed E-state index contributed by atoms with van der Waals surface area (Å²) in [6.07, 6.45) is 1.64. The number of carbonyl (C=O) groups excluding carboxylic acids is 1. The topological polar surface area (TPSA) is 61.4 Å². The number of hydrogen-bond donors (Lipinski definition) is 1. The maximum Gasteiger partial charge on any atom is 0.272 e. The third-order valence-corrected chi connectivity index (χ3v) is 5.10. The standard InChI is InChI=1S/C23H25N5O/c1-18-6-5-9-20(16-18)27-12-14-28(15-13-27)22(29)21-10-11-24-23(26-21)25-17-19-7-3-2-4-8-19/h2-11,16H,12-15,17H2,1H3,(H,24,25,26). The Hall–Kier alpha value is -3.41. The summed E-state index contributed by atoms with van der Waals surface area (Å²) in [6, 6.07) is 20.2. The van der Waals surface area contributed by atoms with Crippen LogP contribution < -0.4 is 10.2 Å². The van der Waals surface area contributed by atoms with Gasteiger partial charge in [0.25, 0.3) is 5.91 Å². The Morgan fingerprint density at radius 1 is 1.00 bits per heavy atom. The molecule has 29 heavy (non-hydrogen) atoms. The van der Waals surface area contributed by atoms with Gasteiger partial charge in [-0.3, -0.25) is 4.79 Å². The maximum atomic E-state index is 12.9. The predicted octanol–water partition coefficient (Wildman–Crippen LogP) is 3.36. The molecule has 1 saturated heterocycles. The van der Waals surface area contributed by atoms with Crippen molar-refractivity contribution in [3.8, 4) is 0 Å². The molecule has 1 N–H and O–H groups in total. The number of aromatic nitrogens is 2. The Morgan fingerprint density at radius 3 is 2.55 bits per heavy atom. The molecule has 1 aromatic heterocycles. The monoisotopic (exact) mass is 387 g/mol. The molecule has 3 aromatic rings. The summed E-state index contributed by atoms with van der Waals surface area (Å²) in [7, 11) is 0. The van der Waals surface area contributed by atoms with E-state index < -0.39 is 0 Å². The van der Waals surface area contributed by atoms with Crippen molar-refractivity contribution in [2.24, 2.45) is 0 Å². The predicted molar refractivity (Wildman–Crippen MR) is 115 cm³/mol. The minimum atomic E-state index is -0.0425. The lowest BCUT2D eigenvalue weighted by atomic mass is 10.2. The van der Waals surface area contributed by atoms with Gasteiger partial charge in [0.1, 0.15) is 5.69 Å². The Labute approximate surface area is 171 Å². The van der Waals surface area contributed by atoms with Crippen LogP contribution in [0.5, 0.6) is 0 Å². The second-order valence-electron chi connectivity index (χ2n) is 7.22. The summed E-state index contributed by atoms with van der Waals surface area (Å²) in [4.78, 5) is 25.8. The van der Waals surface area contributed by atoms with Crippen molar-refractivity contribution in [2.45, 2.75) is 13.5 Å². The first kappa shape index (κ1) is 18.9. The summed E-state index contributed by atoms with van der Waals surface area (Å²) in [5.74, 6) is 0.428. The number of hydrogen-bond acceptors (Lipinski definition) is 5. The van der Waals surface area contributed by atoms with Crippen molar-refractivity contribution in [3.63, 3.8) is 0 Å². The minimum absolute atomic E-state index is 0.0425. The molecule has 0 spiro atoms. The number of nitrogens with zero attached hydrogens (tertiary/aromatic N) is 4. The largest absolute Gasteiger partial charge is 0.368 e.